The van der Waals surface area contributed by atoms with E-state index >= 15 is 0 Å². The molecule has 0 aliphatic carbocycles. The van der Waals surface area contributed by atoms with E-state index in [4.69, 9.17) is 27.9 Å². The Morgan fingerprint density at radius 2 is 1.94 bits per heavy atom. The maximum Gasteiger partial charge on any atom is 0.0835 e. The molecule has 0 radical (unpaired) electrons. The number of ether oxygens (including phenoxy) is 1. The second-order valence-corrected chi connectivity index (χ2v) is 6.05. The van der Waals surface area contributed by atoms with Crippen molar-refractivity contribution in [3.8, 4) is 0 Å². The molecule has 0 heterocycles. The Labute approximate surface area is 127 Å². The largest absolute Gasteiger partial charge is 0.381 e. The maximum absolute atomic E-state index is 6.11. The van der Waals surface area contributed by atoms with Gasteiger partial charge in [-0.2, -0.15) is 0 Å². The van der Waals surface area contributed by atoms with E-state index < -0.39 is 0 Å². The molecule has 0 spiro atoms. The fourth-order valence-electron chi connectivity index (χ4n) is 1.34. The Hall–Kier alpha value is 0.0400. The van der Waals surface area contributed by atoms with Gasteiger partial charge in [-0.05, 0) is 40.4 Å². The number of anilines is 1. The molecule has 0 aliphatic heterocycles. The Kier molecular flexibility index (Phi) is 7.38. The fraction of sp³-hybridized carbons (Fsp3) is 0.538. The summed E-state index contributed by atoms with van der Waals surface area (Å²) in [5.41, 5.74) is 0.831. The quantitative estimate of drug-likeness (QED) is 0.534. The predicted octanol–water partition coefficient (Wildman–Crippen LogP) is 5.23. The summed E-state index contributed by atoms with van der Waals surface area (Å²) in [4.78, 5) is 0. The van der Waals surface area contributed by atoms with Crippen LogP contribution in [0, 0.1) is 5.92 Å². The number of nitrogens with one attached hydrogen (secondary N) is 1. The standard InChI is InChI=1S/C13H18BrCl2NO/c1-9(2)5-7-18-8-6-17-11-4-3-10(14)12(15)13(11)16/h3-4,9,17H,5-8H2,1-2H3. The smallest absolute Gasteiger partial charge is 0.0835 e. The number of hydrogen-bond donors (Lipinski definition) is 1. The van der Waals surface area contributed by atoms with E-state index in [2.05, 4.69) is 35.1 Å². The van der Waals surface area contributed by atoms with Crippen LogP contribution in [0.2, 0.25) is 10.0 Å². The van der Waals surface area contributed by atoms with Gasteiger partial charge >= 0.3 is 0 Å². The average Bonchev–Trinajstić information content (AvgIpc) is 2.33. The Morgan fingerprint density at radius 1 is 1.22 bits per heavy atom. The normalized spacial score (nSPS) is 11.0. The molecule has 0 fully saturated rings. The van der Waals surface area contributed by atoms with Crippen LogP contribution < -0.4 is 5.32 Å². The molecular formula is C13H18BrCl2NO. The van der Waals surface area contributed by atoms with Crippen LogP contribution in [-0.2, 0) is 4.74 Å². The summed E-state index contributed by atoms with van der Waals surface area (Å²) in [6, 6.07) is 3.77. The molecule has 18 heavy (non-hydrogen) atoms. The van der Waals surface area contributed by atoms with Crippen LogP contribution in [0.4, 0.5) is 5.69 Å². The van der Waals surface area contributed by atoms with Crippen molar-refractivity contribution < 1.29 is 4.74 Å². The van der Waals surface area contributed by atoms with Gasteiger partial charge in [-0.1, -0.05) is 37.0 Å². The van der Waals surface area contributed by atoms with E-state index in [-0.39, 0.29) is 0 Å². The molecule has 102 valence electrons. The van der Waals surface area contributed by atoms with E-state index in [9.17, 15) is 0 Å². The van der Waals surface area contributed by atoms with Crippen molar-refractivity contribution in [3.63, 3.8) is 0 Å². The lowest BCUT2D eigenvalue weighted by molar-refractivity contribution is 0.132. The van der Waals surface area contributed by atoms with Gasteiger partial charge in [-0.25, -0.2) is 0 Å². The van der Waals surface area contributed by atoms with Gasteiger partial charge < -0.3 is 10.1 Å². The highest BCUT2D eigenvalue weighted by Crippen LogP contribution is 2.35. The van der Waals surface area contributed by atoms with Gasteiger partial charge in [-0.15, -0.1) is 0 Å². The second-order valence-electron chi connectivity index (χ2n) is 4.44. The molecule has 0 atom stereocenters. The van der Waals surface area contributed by atoms with Crippen LogP contribution in [0.15, 0.2) is 16.6 Å². The minimum Gasteiger partial charge on any atom is -0.381 e. The van der Waals surface area contributed by atoms with Crippen molar-refractivity contribution in [1.82, 2.24) is 0 Å². The van der Waals surface area contributed by atoms with Gasteiger partial charge in [0.25, 0.3) is 0 Å². The summed E-state index contributed by atoms with van der Waals surface area (Å²) in [5.74, 6) is 0.678. The van der Waals surface area contributed by atoms with Crippen LogP contribution in [0.5, 0.6) is 0 Å². The van der Waals surface area contributed by atoms with E-state index in [1.807, 2.05) is 12.1 Å². The first-order valence-corrected chi connectivity index (χ1v) is 7.52. The van der Waals surface area contributed by atoms with E-state index in [0.717, 1.165) is 29.7 Å². The summed E-state index contributed by atoms with van der Waals surface area (Å²) in [6.07, 6.45) is 1.09. The molecule has 1 N–H and O–H groups in total. The molecule has 2 nitrogen and oxygen atoms in total. The summed E-state index contributed by atoms with van der Waals surface area (Å²) in [7, 11) is 0. The lowest BCUT2D eigenvalue weighted by Gasteiger charge is -2.11. The molecule has 1 aromatic carbocycles. The topological polar surface area (TPSA) is 21.3 Å². The van der Waals surface area contributed by atoms with Crippen LogP contribution in [0.1, 0.15) is 20.3 Å². The first kappa shape index (κ1) is 16.1. The molecule has 0 aromatic heterocycles. The van der Waals surface area contributed by atoms with Crippen molar-refractivity contribution >= 4 is 44.8 Å². The van der Waals surface area contributed by atoms with Crippen molar-refractivity contribution in [1.29, 1.82) is 0 Å². The van der Waals surface area contributed by atoms with Crippen molar-refractivity contribution in [3.05, 3.63) is 26.7 Å². The lowest BCUT2D eigenvalue weighted by Crippen LogP contribution is -2.11. The van der Waals surface area contributed by atoms with Gasteiger partial charge in [-0.3, -0.25) is 0 Å². The van der Waals surface area contributed by atoms with E-state index in [1.54, 1.807) is 0 Å². The first-order valence-electron chi connectivity index (χ1n) is 5.97. The van der Waals surface area contributed by atoms with Crippen LogP contribution >= 0.6 is 39.1 Å². The SMILES string of the molecule is CC(C)CCOCCNc1ccc(Br)c(Cl)c1Cl. The van der Waals surface area contributed by atoms with Gasteiger partial charge in [0.15, 0.2) is 0 Å². The summed E-state index contributed by atoms with van der Waals surface area (Å²) in [5, 5.41) is 4.27. The Bertz CT molecular complexity index is 385. The number of halogens is 3. The van der Waals surface area contributed by atoms with Crippen molar-refractivity contribution in [2.24, 2.45) is 5.92 Å². The van der Waals surface area contributed by atoms with Crippen molar-refractivity contribution in [2.75, 3.05) is 25.1 Å². The third-order valence-electron chi connectivity index (χ3n) is 2.44. The molecule has 0 saturated heterocycles. The molecular weight excluding hydrogens is 337 g/mol. The van der Waals surface area contributed by atoms with Gasteiger partial charge in [0.2, 0.25) is 0 Å². The van der Waals surface area contributed by atoms with Gasteiger partial charge in [0.1, 0.15) is 0 Å². The monoisotopic (exact) mass is 353 g/mol. The summed E-state index contributed by atoms with van der Waals surface area (Å²) < 4.78 is 6.31. The zero-order valence-electron chi connectivity index (χ0n) is 10.6. The summed E-state index contributed by atoms with van der Waals surface area (Å²) >= 11 is 15.5. The number of benzene rings is 1. The Morgan fingerprint density at radius 3 is 2.61 bits per heavy atom. The second kappa shape index (κ2) is 8.26. The average molecular weight is 355 g/mol. The van der Waals surface area contributed by atoms with E-state index in [0.29, 0.717) is 22.6 Å². The van der Waals surface area contributed by atoms with Crippen LogP contribution in [0.3, 0.4) is 0 Å². The molecule has 0 aliphatic rings. The van der Waals surface area contributed by atoms with Crippen LogP contribution in [0.25, 0.3) is 0 Å². The molecule has 1 rings (SSSR count). The highest BCUT2D eigenvalue weighted by molar-refractivity contribution is 9.10. The zero-order chi connectivity index (χ0) is 13.5. The third kappa shape index (κ3) is 5.35. The lowest BCUT2D eigenvalue weighted by atomic mass is 10.1. The third-order valence-corrected chi connectivity index (χ3v) is 4.21. The zero-order valence-corrected chi connectivity index (χ0v) is 13.7. The molecule has 0 amide bonds. The molecule has 1 aromatic rings. The van der Waals surface area contributed by atoms with Gasteiger partial charge in [0.05, 0.1) is 22.3 Å². The predicted molar refractivity (Wildman–Crippen MR) is 82.9 cm³/mol. The van der Waals surface area contributed by atoms with Gasteiger partial charge in [0, 0.05) is 17.6 Å². The highest BCUT2D eigenvalue weighted by Gasteiger charge is 2.07. The minimum atomic E-state index is 0.530. The maximum atomic E-state index is 6.11. The number of hydrogen-bond acceptors (Lipinski definition) is 2. The van der Waals surface area contributed by atoms with Crippen molar-refractivity contribution in [2.45, 2.75) is 20.3 Å². The van der Waals surface area contributed by atoms with E-state index in [1.165, 1.54) is 0 Å². The minimum absolute atomic E-state index is 0.530. The number of rotatable bonds is 7. The molecule has 0 saturated carbocycles. The Balaban J connectivity index is 2.30. The fourth-order valence-corrected chi connectivity index (χ4v) is 2.18. The molecule has 0 bridgehead atoms. The summed E-state index contributed by atoms with van der Waals surface area (Å²) in [6.45, 7) is 6.55. The molecule has 0 unspecified atom stereocenters. The molecule has 5 heteroatoms. The highest BCUT2D eigenvalue weighted by atomic mass is 79.9. The van der Waals surface area contributed by atoms with Crippen LogP contribution in [-0.4, -0.2) is 19.8 Å². The first-order chi connectivity index (χ1) is 8.52.